The topological polar surface area (TPSA) is 29.5 Å². The lowest BCUT2D eigenvalue weighted by Crippen LogP contribution is -2.21. The molecule has 3 nitrogen and oxygen atoms in total. The minimum Gasteiger partial charge on any atom is -0.275 e. The summed E-state index contributed by atoms with van der Waals surface area (Å²) in [5.41, 5.74) is 0. The zero-order valence-corrected chi connectivity index (χ0v) is 4.47. The van der Waals surface area contributed by atoms with Crippen LogP contribution in [-0.4, -0.2) is 25.1 Å². The molecule has 0 aliphatic carbocycles. The predicted octanol–water partition coefficient (Wildman–Crippen LogP) is -0.160. The third-order valence-corrected chi connectivity index (χ3v) is 0.625. The van der Waals surface area contributed by atoms with E-state index in [0.29, 0.717) is 0 Å². The molecule has 0 aromatic carbocycles. The Morgan fingerprint density at radius 1 is 1.86 bits per heavy atom. The first-order chi connectivity index (χ1) is 3.18. The van der Waals surface area contributed by atoms with E-state index in [1.54, 1.807) is 0 Å². The second-order valence-corrected chi connectivity index (χ2v) is 1.07. The number of hydrogen-bond acceptors (Lipinski definition) is 2. The molecular weight excluding hydrogens is 94.0 g/mol. The Balaban J connectivity index is 3.34. The Morgan fingerprint density at radius 3 is 2.29 bits per heavy atom. The SMILES string of the molecule is [CH2]C(=O)N(C)OC. The predicted molar refractivity (Wildman–Crippen MR) is 25.1 cm³/mol. The molecule has 0 aromatic rings. The van der Waals surface area contributed by atoms with Crippen LogP contribution in [0.15, 0.2) is 0 Å². The van der Waals surface area contributed by atoms with E-state index in [1.807, 2.05) is 0 Å². The fraction of sp³-hybridized carbons (Fsp3) is 0.500. The Bertz CT molecular complexity index is 72.1. The molecule has 0 unspecified atom stereocenters. The molecule has 0 bridgehead atoms. The lowest BCUT2D eigenvalue weighted by atomic mass is 10.7. The Hall–Kier alpha value is -0.570. The van der Waals surface area contributed by atoms with Crippen LogP contribution in [0.5, 0.6) is 0 Å². The van der Waals surface area contributed by atoms with Crippen LogP contribution in [0.25, 0.3) is 0 Å². The van der Waals surface area contributed by atoms with Gasteiger partial charge in [-0.25, -0.2) is 5.06 Å². The molecule has 1 amide bonds. The molecule has 7 heavy (non-hydrogen) atoms. The van der Waals surface area contributed by atoms with Crippen molar-refractivity contribution >= 4 is 5.91 Å². The molecule has 0 spiro atoms. The van der Waals surface area contributed by atoms with Crippen molar-refractivity contribution in [1.82, 2.24) is 5.06 Å². The standard InChI is InChI=1S/C4H8NO2/c1-4(6)5(2)7-3/h1H2,2-3H3. The number of carbonyl (C=O) groups excluding carboxylic acids is 1. The van der Waals surface area contributed by atoms with Gasteiger partial charge in [0.2, 0.25) is 5.91 Å². The van der Waals surface area contributed by atoms with Crippen LogP contribution in [0.3, 0.4) is 0 Å². The number of rotatable bonds is 1. The maximum Gasteiger partial charge on any atom is 0.246 e. The lowest BCUT2D eigenvalue weighted by Gasteiger charge is -2.08. The Morgan fingerprint density at radius 2 is 2.29 bits per heavy atom. The molecule has 0 aliphatic rings. The van der Waals surface area contributed by atoms with Crippen molar-refractivity contribution in [1.29, 1.82) is 0 Å². The Labute approximate surface area is 42.8 Å². The van der Waals surface area contributed by atoms with Gasteiger partial charge in [0.15, 0.2) is 0 Å². The average molecular weight is 102 g/mol. The van der Waals surface area contributed by atoms with Crippen LogP contribution >= 0.6 is 0 Å². The lowest BCUT2D eigenvalue weighted by molar-refractivity contribution is -0.163. The summed E-state index contributed by atoms with van der Waals surface area (Å²) in [5, 5.41) is 1.04. The van der Waals surface area contributed by atoms with Crippen molar-refractivity contribution in [3.8, 4) is 0 Å². The van der Waals surface area contributed by atoms with Gasteiger partial charge in [-0.1, -0.05) is 0 Å². The molecule has 0 rings (SSSR count). The fourth-order valence-corrected chi connectivity index (χ4v) is 0.102. The van der Waals surface area contributed by atoms with Gasteiger partial charge < -0.3 is 0 Å². The summed E-state index contributed by atoms with van der Waals surface area (Å²) in [6.45, 7) is 3.07. The van der Waals surface area contributed by atoms with Crippen molar-refractivity contribution in [2.75, 3.05) is 14.2 Å². The largest absolute Gasteiger partial charge is 0.275 e. The first-order valence-corrected chi connectivity index (χ1v) is 1.82. The maximum atomic E-state index is 10.1. The van der Waals surface area contributed by atoms with Gasteiger partial charge in [-0.2, -0.15) is 0 Å². The zero-order chi connectivity index (χ0) is 5.86. The molecule has 0 aromatic heterocycles. The maximum absolute atomic E-state index is 10.1. The zero-order valence-electron chi connectivity index (χ0n) is 4.47. The van der Waals surface area contributed by atoms with Gasteiger partial charge in [0, 0.05) is 14.0 Å². The van der Waals surface area contributed by atoms with E-state index < -0.39 is 0 Å². The van der Waals surface area contributed by atoms with Gasteiger partial charge in [-0.15, -0.1) is 0 Å². The van der Waals surface area contributed by atoms with E-state index in [2.05, 4.69) is 11.8 Å². The summed E-state index contributed by atoms with van der Waals surface area (Å²) in [6.07, 6.45) is 0. The first kappa shape index (κ1) is 6.43. The van der Waals surface area contributed by atoms with Crippen molar-refractivity contribution in [3.05, 3.63) is 6.92 Å². The minimum atomic E-state index is -0.345. The summed E-state index contributed by atoms with van der Waals surface area (Å²) in [6, 6.07) is 0. The summed E-state index contributed by atoms with van der Waals surface area (Å²) >= 11 is 0. The number of amides is 1. The number of nitrogens with zero attached hydrogens (tertiary/aromatic N) is 1. The monoisotopic (exact) mass is 102 g/mol. The number of hydroxylamine groups is 2. The van der Waals surface area contributed by atoms with Crippen molar-refractivity contribution in [2.45, 2.75) is 0 Å². The van der Waals surface area contributed by atoms with Crippen LogP contribution in [0, 0.1) is 6.92 Å². The summed E-state index contributed by atoms with van der Waals surface area (Å²) < 4.78 is 0. The second-order valence-electron chi connectivity index (χ2n) is 1.07. The molecule has 0 fully saturated rings. The number of hydrogen-bond donors (Lipinski definition) is 0. The van der Waals surface area contributed by atoms with Gasteiger partial charge in [0.1, 0.15) is 0 Å². The highest BCUT2D eigenvalue weighted by atomic mass is 16.7. The Kier molecular flexibility index (Phi) is 2.37. The van der Waals surface area contributed by atoms with Crippen LogP contribution in [0.2, 0.25) is 0 Å². The van der Waals surface area contributed by atoms with E-state index in [-0.39, 0.29) is 5.91 Å². The summed E-state index contributed by atoms with van der Waals surface area (Å²) in [7, 11) is 2.90. The summed E-state index contributed by atoms with van der Waals surface area (Å²) in [4.78, 5) is 14.5. The van der Waals surface area contributed by atoms with Gasteiger partial charge >= 0.3 is 0 Å². The average Bonchev–Trinajstić information content (AvgIpc) is 1.65. The van der Waals surface area contributed by atoms with E-state index in [9.17, 15) is 4.79 Å². The number of carbonyl (C=O) groups is 1. The summed E-state index contributed by atoms with van der Waals surface area (Å²) in [5.74, 6) is -0.345. The van der Waals surface area contributed by atoms with E-state index in [0.717, 1.165) is 5.06 Å². The van der Waals surface area contributed by atoms with Crippen molar-refractivity contribution in [3.63, 3.8) is 0 Å². The van der Waals surface area contributed by atoms with E-state index in [1.165, 1.54) is 14.2 Å². The third kappa shape index (κ3) is 2.17. The second kappa shape index (κ2) is 2.58. The van der Waals surface area contributed by atoms with Crippen LogP contribution in [-0.2, 0) is 9.63 Å². The molecule has 0 atom stereocenters. The van der Waals surface area contributed by atoms with Crippen LogP contribution in [0.1, 0.15) is 0 Å². The van der Waals surface area contributed by atoms with Gasteiger partial charge in [0.05, 0.1) is 7.11 Å². The first-order valence-electron chi connectivity index (χ1n) is 1.82. The van der Waals surface area contributed by atoms with Gasteiger partial charge in [-0.3, -0.25) is 9.63 Å². The smallest absolute Gasteiger partial charge is 0.246 e. The van der Waals surface area contributed by atoms with Crippen molar-refractivity contribution in [2.24, 2.45) is 0 Å². The van der Waals surface area contributed by atoms with Gasteiger partial charge in [-0.05, 0) is 0 Å². The molecule has 0 saturated carbocycles. The van der Waals surface area contributed by atoms with Crippen LogP contribution in [0.4, 0.5) is 0 Å². The highest BCUT2D eigenvalue weighted by molar-refractivity contribution is 5.78. The van der Waals surface area contributed by atoms with E-state index >= 15 is 0 Å². The molecule has 0 N–H and O–H groups in total. The fourth-order valence-electron chi connectivity index (χ4n) is 0.102. The quantitative estimate of drug-likeness (QED) is 0.430. The molecule has 0 saturated heterocycles. The molecule has 41 valence electrons. The third-order valence-electron chi connectivity index (χ3n) is 0.625. The normalized spacial score (nSPS) is 8.43. The van der Waals surface area contributed by atoms with Gasteiger partial charge in [0.25, 0.3) is 0 Å². The highest BCUT2D eigenvalue weighted by Crippen LogP contribution is 1.77. The highest BCUT2D eigenvalue weighted by Gasteiger charge is 1.95. The molecule has 0 heterocycles. The van der Waals surface area contributed by atoms with Crippen molar-refractivity contribution < 1.29 is 9.63 Å². The van der Waals surface area contributed by atoms with E-state index in [4.69, 9.17) is 0 Å². The van der Waals surface area contributed by atoms with Crippen LogP contribution < -0.4 is 0 Å². The molecule has 1 radical (unpaired) electrons. The molecule has 0 aliphatic heterocycles. The minimum absolute atomic E-state index is 0.345. The molecule has 3 heteroatoms. The molecular formula is C4H8NO2.